The molecule has 1 aromatic heterocycles. The Morgan fingerprint density at radius 1 is 1.35 bits per heavy atom. The summed E-state index contributed by atoms with van der Waals surface area (Å²) >= 11 is 3.40. The van der Waals surface area contributed by atoms with Crippen LogP contribution in [-0.2, 0) is 11.3 Å². The van der Waals surface area contributed by atoms with E-state index in [0.29, 0.717) is 11.4 Å². The number of nitrogens with zero attached hydrogens (tertiary/aromatic N) is 1. The Balaban J connectivity index is 2.48. The molecule has 0 spiro atoms. The first kappa shape index (κ1) is 12.3. The third-order valence-corrected chi connectivity index (χ3v) is 2.79. The predicted octanol–water partition coefficient (Wildman–Crippen LogP) is 2.47. The molecule has 0 saturated carbocycles. The minimum absolute atomic E-state index is 0.113. The van der Waals surface area contributed by atoms with Gasteiger partial charge in [-0.15, -0.1) is 0 Å². The third-order valence-electron chi connectivity index (χ3n) is 2.30. The SMILES string of the molecule is COCOc1nc2ccc(Br)cc2cc1CO. The van der Waals surface area contributed by atoms with Gasteiger partial charge in [-0.1, -0.05) is 15.9 Å². The molecular formula is C12H12BrNO3. The Morgan fingerprint density at radius 3 is 2.88 bits per heavy atom. The smallest absolute Gasteiger partial charge is 0.221 e. The van der Waals surface area contributed by atoms with Crippen LogP contribution in [0.25, 0.3) is 10.9 Å². The number of rotatable bonds is 4. The average Bonchev–Trinajstić information content (AvgIpc) is 2.35. The minimum atomic E-state index is -0.117. The van der Waals surface area contributed by atoms with Gasteiger partial charge in [-0.25, -0.2) is 4.98 Å². The van der Waals surface area contributed by atoms with Crippen LogP contribution < -0.4 is 4.74 Å². The summed E-state index contributed by atoms with van der Waals surface area (Å²) in [5.41, 5.74) is 1.46. The van der Waals surface area contributed by atoms with Crippen molar-refractivity contribution in [1.82, 2.24) is 4.98 Å². The highest BCUT2D eigenvalue weighted by Gasteiger charge is 2.07. The Hall–Kier alpha value is -1.17. The summed E-state index contributed by atoms with van der Waals surface area (Å²) < 4.78 is 11.1. The van der Waals surface area contributed by atoms with Crippen molar-refractivity contribution in [1.29, 1.82) is 0 Å². The number of aliphatic hydroxyl groups is 1. The van der Waals surface area contributed by atoms with Crippen LogP contribution in [0.3, 0.4) is 0 Å². The number of ether oxygens (including phenoxy) is 2. The Bertz CT molecular complexity index is 530. The van der Waals surface area contributed by atoms with Gasteiger partial charge >= 0.3 is 0 Å². The van der Waals surface area contributed by atoms with Crippen LogP contribution in [0, 0.1) is 0 Å². The van der Waals surface area contributed by atoms with Gasteiger partial charge in [-0.05, 0) is 24.3 Å². The lowest BCUT2D eigenvalue weighted by Gasteiger charge is -2.09. The molecule has 0 aliphatic rings. The second kappa shape index (κ2) is 5.44. The van der Waals surface area contributed by atoms with E-state index in [1.807, 2.05) is 24.3 Å². The van der Waals surface area contributed by atoms with Gasteiger partial charge in [0, 0.05) is 22.5 Å². The molecule has 17 heavy (non-hydrogen) atoms. The van der Waals surface area contributed by atoms with Crippen LogP contribution in [0.1, 0.15) is 5.56 Å². The molecule has 0 aliphatic heterocycles. The van der Waals surface area contributed by atoms with Crippen molar-refractivity contribution in [2.45, 2.75) is 6.61 Å². The zero-order chi connectivity index (χ0) is 12.3. The molecule has 1 aromatic carbocycles. The Kier molecular flexibility index (Phi) is 3.93. The molecule has 1 heterocycles. The molecule has 0 saturated heterocycles. The molecule has 0 atom stereocenters. The number of hydrogen-bond acceptors (Lipinski definition) is 4. The molecule has 5 heteroatoms. The van der Waals surface area contributed by atoms with Gasteiger partial charge in [0.15, 0.2) is 6.79 Å². The summed E-state index contributed by atoms with van der Waals surface area (Å²) in [5, 5.41) is 10.2. The highest BCUT2D eigenvalue weighted by Crippen LogP contribution is 2.25. The van der Waals surface area contributed by atoms with Gasteiger partial charge in [0.1, 0.15) is 0 Å². The fraction of sp³-hybridized carbons (Fsp3) is 0.250. The zero-order valence-electron chi connectivity index (χ0n) is 9.31. The maximum Gasteiger partial charge on any atom is 0.221 e. The first-order chi connectivity index (χ1) is 8.24. The van der Waals surface area contributed by atoms with Gasteiger partial charge in [0.05, 0.1) is 12.1 Å². The molecule has 0 aliphatic carbocycles. The molecule has 0 fully saturated rings. The lowest BCUT2D eigenvalue weighted by molar-refractivity contribution is 0.0463. The van der Waals surface area contributed by atoms with Crippen molar-refractivity contribution >= 4 is 26.8 Å². The van der Waals surface area contributed by atoms with E-state index in [9.17, 15) is 5.11 Å². The number of benzene rings is 1. The van der Waals surface area contributed by atoms with E-state index in [1.54, 1.807) is 0 Å². The molecule has 4 nitrogen and oxygen atoms in total. The molecule has 2 rings (SSSR count). The summed E-state index contributed by atoms with van der Waals surface area (Å²) in [4.78, 5) is 4.34. The Labute approximate surface area is 107 Å². The van der Waals surface area contributed by atoms with E-state index in [2.05, 4.69) is 20.9 Å². The van der Waals surface area contributed by atoms with Crippen molar-refractivity contribution in [3.8, 4) is 5.88 Å². The lowest BCUT2D eigenvalue weighted by Crippen LogP contribution is -2.04. The van der Waals surface area contributed by atoms with Gasteiger partial charge in [-0.3, -0.25) is 0 Å². The van der Waals surface area contributed by atoms with Gasteiger partial charge in [0.2, 0.25) is 5.88 Å². The summed E-state index contributed by atoms with van der Waals surface area (Å²) in [6, 6.07) is 7.61. The van der Waals surface area contributed by atoms with Crippen LogP contribution in [0.4, 0.5) is 0 Å². The molecular weight excluding hydrogens is 286 g/mol. The maximum absolute atomic E-state index is 9.27. The number of halogens is 1. The molecule has 0 unspecified atom stereocenters. The first-order valence-corrected chi connectivity index (χ1v) is 5.85. The molecule has 0 amide bonds. The third kappa shape index (κ3) is 2.74. The van der Waals surface area contributed by atoms with Crippen molar-refractivity contribution in [3.63, 3.8) is 0 Å². The number of hydrogen-bond donors (Lipinski definition) is 1. The molecule has 0 bridgehead atoms. The monoisotopic (exact) mass is 297 g/mol. The lowest BCUT2D eigenvalue weighted by atomic mass is 10.1. The number of aliphatic hydroxyl groups excluding tert-OH is 1. The largest absolute Gasteiger partial charge is 0.450 e. The molecule has 2 aromatic rings. The van der Waals surface area contributed by atoms with E-state index in [-0.39, 0.29) is 13.4 Å². The van der Waals surface area contributed by atoms with Crippen molar-refractivity contribution < 1.29 is 14.6 Å². The van der Waals surface area contributed by atoms with Gasteiger partial charge < -0.3 is 14.6 Å². The summed E-state index contributed by atoms with van der Waals surface area (Å²) in [5.74, 6) is 0.407. The summed E-state index contributed by atoms with van der Waals surface area (Å²) in [6.07, 6.45) is 0. The maximum atomic E-state index is 9.27. The van der Waals surface area contributed by atoms with E-state index in [1.165, 1.54) is 7.11 Å². The van der Waals surface area contributed by atoms with E-state index in [0.717, 1.165) is 15.4 Å². The van der Waals surface area contributed by atoms with Crippen molar-refractivity contribution in [2.75, 3.05) is 13.9 Å². The first-order valence-electron chi connectivity index (χ1n) is 5.06. The van der Waals surface area contributed by atoms with Crippen LogP contribution in [-0.4, -0.2) is 24.0 Å². The van der Waals surface area contributed by atoms with Gasteiger partial charge in [-0.2, -0.15) is 0 Å². The number of fused-ring (bicyclic) bond motifs is 1. The fourth-order valence-corrected chi connectivity index (χ4v) is 1.91. The van der Waals surface area contributed by atoms with E-state index < -0.39 is 0 Å². The normalized spacial score (nSPS) is 10.8. The second-order valence-corrected chi connectivity index (χ2v) is 4.41. The van der Waals surface area contributed by atoms with Crippen molar-refractivity contribution in [2.24, 2.45) is 0 Å². The topological polar surface area (TPSA) is 51.6 Å². The highest BCUT2D eigenvalue weighted by molar-refractivity contribution is 9.10. The molecule has 0 radical (unpaired) electrons. The van der Waals surface area contributed by atoms with Crippen LogP contribution >= 0.6 is 15.9 Å². The highest BCUT2D eigenvalue weighted by atomic mass is 79.9. The van der Waals surface area contributed by atoms with Crippen molar-refractivity contribution in [3.05, 3.63) is 34.3 Å². The molecule has 1 N–H and O–H groups in total. The molecule has 90 valence electrons. The summed E-state index contributed by atoms with van der Waals surface area (Å²) in [7, 11) is 1.54. The van der Waals surface area contributed by atoms with Crippen LogP contribution in [0.15, 0.2) is 28.7 Å². The predicted molar refractivity (Wildman–Crippen MR) is 67.9 cm³/mol. The number of pyridine rings is 1. The van der Waals surface area contributed by atoms with E-state index >= 15 is 0 Å². The average molecular weight is 298 g/mol. The van der Waals surface area contributed by atoms with Crippen LogP contribution in [0.5, 0.6) is 5.88 Å². The fourth-order valence-electron chi connectivity index (χ4n) is 1.53. The van der Waals surface area contributed by atoms with Crippen LogP contribution in [0.2, 0.25) is 0 Å². The zero-order valence-corrected chi connectivity index (χ0v) is 10.9. The van der Waals surface area contributed by atoms with Gasteiger partial charge in [0.25, 0.3) is 0 Å². The number of methoxy groups -OCH3 is 1. The quantitative estimate of drug-likeness (QED) is 0.881. The Morgan fingerprint density at radius 2 is 2.18 bits per heavy atom. The standard InChI is InChI=1S/C12H12BrNO3/c1-16-7-17-12-9(6-15)4-8-5-10(13)2-3-11(8)14-12/h2-5,15H,6-7H2,1H3. The minimum Gasteiger partial charge on any atom is -0.450 e. The summed E-state index contributed by atoms with van der Waals surface area (Å²) in [6.45, 7) is -0.00344. The second-order valence-electron chi connectivity index (χ2n) is 3.50. The van der Waals surface area contributed by atoms with E-state index in [4.69, 9.17) is 9.47 Å². The number of aromatic nitrogens is 1.